The fourth-order valence-corrected chi connectivity index (χ4v) is 3.71. The van der Waals surface area contributed by atoms with E-state index in [0.717, 1.165) is 4.47 Å². The van der Waals surface area contributed by atoms with Crippen molar-refractivity contribution in [2.24, 2.45) is 0 Å². The summed E-state index contributed by atoms with van der Waals surface area (Å²) in [5, 5.41) is 0. The van der Waals surface area contributed by atoms with E-state index in [1.165, 1.54) is 12.1 Å². The lowest BCUT2D eigenvalue weighted by atomic mass is 10.2. The third-order valence-electron chi connectivity index (χ3n) is 2.44. The Labute approximate surface area is 129 Å². The van der Waals surface area contributed by atoms with E-state index < -0.39 is 10.8 Å². The molecule has 100 valence electrons. The van der Waals surface area contributed by atoms with Crippen LogP contribution in [0.1, 0.15) is 5.56 Å². The Morgan fingerprint density at radius 2 is 1.84 bits per heavy atom. The molecule has 1 unspecified atom stereocenters. The van der Waals surface area contributed by atoms with Gasteiger partial charge in [-0.1, -0.05) is 31.9 Å². The first-order valence-electron chi connectivity index (χ1n) is 5.34. The lowest BCUT2D eigenvalue weighted by Crippen LogP contribution is -2.01. The molecular weight excluding hydrogens is 397 g/mol. The van der Waals surface area contributed by atoms with Gasteiger partial charge in [0, 0.05) is 14.6 Å². The zero-order chi connectivity index (χ0) is 14.0. The van der Waals surface area contributed by atoms with Crippen LogP contribution in [0, 0.1) is 5.82 Å². The van der Waals surface area contributed by atoms with Crippen LogP contribution < -0.4 is 5.73 Å². The minimum absolute atomic E-state index is 0.224. The van der Waals surface area contributed by atoms with E-state index in [0.29, 0.717) is 20.6 Å². The fourth-order valence-electron chi connectivity index (χ4n) is 1.65. The van der Waals surface area contributed by atoms with E-state index in [1.807, 2.05) is 0 Å². The molecule has 0 aromatic heterocycles. The van der Waals surface area contributed by atoms with Crippen molar-refractivity contribution in [3.8, 4) is 0 Å². The Morgan fingerprint density at radius 1 is 1.11 bits per heavy atom. The van der Waals surface area contributed by atoms with Crippen molar-refractivity contribution in [2.75, 3.05) is 5.73 Å². The molecule has 0 aliphatic carbocycles. The minimum Gasteiger partial charge on any atom is -0.398 e. The third kappa shape index (κ3) is 3.87. The van der Waals surface area contributed by atoms with Crippen LogP contribution in [0.25, 0.3) is 0 Å². The summed E-state index contributed by atoms with van der Waals surface area (Å²) in [6.45, 7) is 0. The molecule has 2 rings (SSSR count). The van der Waals surface area contributed by atoms with Crippen molar-refractivity contribution in [3.63, 3.8) is 0 Å². The van der Waals surface area contributed by atoms with Crippen LogP contribution in [0.2, 0.25) is 0 Å². The molecule has 0 saturated carbocycles. The van der Waals surface area contributed by atoms with E-state index in [4.69, 9.17) is 5.73 Å². The summed E-state index contributed by atoms with van der Waals surface area (Å²) >= 11 is 6.51. The van der Waals surface area contributed by atoms with Crippen LogP contribution in [0.5, 0.6) is 0 Å². The third-order valence-corrected chi connectivity index (χ3v) is 4.85. The molecule has 0 aliphatic rings. The molecule has 0 fully saturated rings. The molecule has 0 heterocycles. The highest BCUT2D eigenvalue weighted by Crippen LogP contribution is 2.24. The molecule has 0 aliphatic heterocycles. The van der Waals surface area contributed by atoms with Crippen molar-refractivity contribution in [3.05, 3.63) is 56.7 Å². The van der Waals surface area contributed by atoms with Crippen molar-refractivity contribution in [2.45, 2.75) is 10.6 Å². The number of anilines is 1. The molecule has 2 aromatic carbocycles. The predicted molar refractivity (Wildman–Crippen MR) is 82.8 cm³/mol. The average Bonchev–Trinajstić information content (AvgIpc) is 2.26. The maximum Gasteiger partial charge on any atom is 0.124 e. The zero-order valence-corrected chi connectivity index (χ0v) is 13.7. The monoisotopic (exact) mass is 405 g/mol. The Balaban J connectivity index is 2.25. The van der Waals surface area contributed by atoms with Gasteiger partial charge in [0.15, 0.2) is 0 Å². The Morgan fingerprint density at radius 3 is 2.47 bits per heavy atom. The summed E-state index contributed by atoms with van der Waals surface area (Å²) in [6, 6.07) is 9.68. The molecule has 2 aromatic rings. The highest BCUT2D eigenvalue weighted by atomic mass is 79.9. The van der Waals surface area contributed by atoms with Gasteiger partial charge in [0.25, 0.3) is 0 Å². The lowest BCUT2D eigenvalue weighted by Gasteiger charge is -2.07. The molecule has 1 atom stereocenters. The normalized spacial score (nSPS) is 12.4. The number of benzene rings is 2. The number of nitrogen functional groups attached to an aromatic ring is 1. The Bertz CT molecular complexity index is 628. The van der Waals surface area contributed by atoms with Gasteiger partial charge in [0.2, 0.25) is 0 Å². The second-order valence-electron chi connectivity index (χ2n) is 3.95. The molecule has 0 radical (unpaired) electrons. The van der Waals surface area contributed by atoms with Crippen LogP contribution in [0.15, 0.2) is 50.2 Å². The first-order valence-corrected chi connectivity index (χ1v) is 8.24. The second kappa shape index (κ2) is 6.15. The van der Waals surface area contributed by atoms with Gasteiger partial charge in [0.05, 0.1) is 21.4 Å². The van der Waals surface area contributed by atoms with Crippen LogP contribution in [-0.2, 0) is 16.6 Å². The van der Waals surface area contributed by atoms with E-state index >= 15 is 0 Å². The molecule has 6 heteroatoms. The van der Waals surface area contributed by atoms with Gasteiger partial charge in [-0.3, -0.25) is 4.21 Å². The van der Waals surface area contributed by atoms with Gasteiger partial charge in [0.1, 0.15) is 5.82 Å². The van der Waals surface area contributed by atoms with Gasteiger partial charge in [-0.25, -0.2) is 4.39 Å². The number of hydrogen-bond acceptors (Lipinski definition) is 2. The van der Waals surface area contributed by atoms with E-state index in [9.17, 15) is 8.60 Å². The van der Waals surface area contributed by atoms with E-state index in [1.54, 1.807) is 24.3 Å². The standard InChI is InChI=1S/C13H10Br2FNOS/c14-9-1-2-13(12(17)6-9)19(18)7-8-3-10(15)5-11(16)4-8/h1-6H,7,17H2. The first kappa shape index (κ1) is 14.7. The van der Waals surface area contributed by atoms with Gasteiger partial charge < -0.3 is 5.73 Å². The Kier molecular flexibility index (Phi) is 4.76. The number of halogens is 3. The lowest BCUT2D eigenvalue weighted by molar-refractivity contribution is 0.625. The number of nitrogens with two attached hydrogens (primary N) is 1. The molecule has 0 spiro atoms. The summed E-state index contributed by atoms with van der Waals surface area (Å²) in [6.07, 6.45) is 0. The summed E-state index contributed by atoms with van der Waals surface area (Å²) in [5.41, 5.74) is 6.95. The van der Waals surface area contributed by atoms with E-state index in [2.05, 4.69) is 31.9 Å². The average molecular weight is 407 g/mol. The van der Waals surface area contributed by atoms with Gasteiger partial charge in [-0.15, -0.1) is 0 Å². The van der Waals surface area contributed by atoms with Crippen LogP contribution in [0.4, 0.5) is 10.1 Å². The molecule has 0 amide bonds. The first-order chi connectivity index (χ1) is 8.95. The summed E-state index contributed by atoms with van der Waals surface area (Å²) < 4.78 is 27.0. The summed E-state index contributed by atoms with van der Waals surface area (Å²) in [4.78, 5) is 0.559. The second-order valence-corrected chi connectivity index (χ2v) is 7.20. The SMILES string of the molecule is Nc1cc(Br)ccc1S(=O)Cc1cc(F)cc(Br)c1. The maximum absolute atomic E-state index is 13.3. The van der Waals surface area contributed by atoms with Gasteiger partial charge in [-0.2, -0.15) is 0 Å². The quantitative estimate of drug-likeness (QED) is 0.774. The van der Waals surface area contributed by atoms with E-state index in [-0.39, 0.29) is 11.6 Å². The van der Waals surface area contributed by atoms with Crippen molar-refractivity contribution in [1.82, 2.24) is 0 Å². The summed E-state index contributed by atoms with van der Waals surface area (Å²) in [7, 11) is -1.30. The molecule has 0 bridgehead atoms. The van der Waals surface area contributed by atoms with Crippen LogP contribution in [-0.4, -0.2) is 4.21 Å². The highest BCUT2D eigenvalue weighted by Gasteiger charge is 2.10. The molecule has 19 heavy (non-hydrogen) atoms. The number of hydrogen-bond donors (Lipinski definition) is 1. The van der Waals surface area contributed by atoms with Crippen LogP contribution in [0.3, 0.4) is 0 Å². The van der Waals surface area contributed by atoms with Gasteiger partial charge in [-0.05, 0) is 42.0 Å². The van der Waals surface area contributed by atoms with Gasteiger partial charge >= 0.3 is 0 Å². The highest BCUT2D eigenvalue weighted by molar-refractivity contribution is 9.10. The van der Waals surface area contributed by atoms with Crippen molar-refractivity contribution in [1.29, 1.82) is 0 Å². The molecule has 0 saturated heterocycles. The summed E-state index contributed by atoms with van der Waals surface area (Å²) in [5.74, 6) is -0.132. The largest absolute Gasteiger partial charge is 0.398 e. The number of rotatable bonds is 3. The minimum atomic E-state index is -1.30. The smallest absolute Gasteiger partial charge is 0.124 e. The molecular formula is C13H10Br2FNOS. The molecule has 2 N–H and O–H groups in total. The topological polar surface area (TPSA) is 43.1 Å². The zero-order valence-electron chi connectivity index (χ0n) is 9.70. The molecule has 2 nitrogen and oxygen atoms in total. The van der Waals surface area contributed by atoms with Crippen molar-refractivity contribution >= 4 is 48.3 Å². The van der Waals surface area contributed by atoms with Crippen molar-refractivity contribution < 1.29 is 8.60 Å². The fraction of sp³-hybridized carbons (Fsp3) is 0.0769. The predicted octanol–water partition coefficient (Wildman–Crippen LogP) is 4.24. The Hall–Kier alpha value is -0.720. The maximum atomic E-state index is 13.3. The van der Waals surface area contributed by atoms with Crippen LogP contribution >= 0.6 is 31.9 Å².